The van der Waals surface area contributed by atoms with Crippen LogP contribution in [0.1, 0.15) is 12.8 Å². The van der Waals surface area contributed by atoms with Crippen LogP contribution in [0, 0.1) is 0 Å². The van der Waals surface area contributed by atoms with Crippen LogP contribution in [-0.4, -0.2) is 45.5 Å². The maximum atomic E-state index is 9.99. The van der Waals surface area contributed by atoms with E-state index in [4.69, 9.17) is 4.74 Å². The topological polar surface area (TPSA) is 88.1 Å². The van der Waals surface area contributed by atoms with Gasteiger partial charge in [-0.1, -0.05) is 0 Å². The molecule has 7 heteroatoms. The molecule has 0 aliphatic carbocycles. The van der Waals surface area contributed by atoms with Gasteiger partial charge < -0.3 is 18.9 Å². The van der Waals surface area contributed by atoms with E-state index >= 15 is 0 Å². The highest BCUT2D eigenvalue weighted by atomic mass is 16.7. The minimum Gasteiger partial charge on any atom is -0.468 e. The van der Waals surface area contributed by atoms with Gasteiger partial charge in [-0.3, -0.25) is 14.4 Å². The molecule has 0 aromatic heterocycles. The van der Waals surface area contributed by atoms with E-state index in [0.717, 1.165) is 0 Å². The second-order valence-corrected chi connectivity index (χ2v) is 2.62. The molecule has 0 amide bonds. The standard InChI is InChI=1S/C9H14O7/c10-6-14-4-1-3-13-5-2-9(15-7-11)16-8-12/h6-9H,1-5H2. The number of hydrogen-bond acceptors (Lipinski definition) is 7. The van der Waals surface area contributed by atoms with Crippen molar-refractivity contribution < 1.29 is 33.3 Å². The molecule has 92 valence electrons. The van der Waals surface area contributed by atoms with Gasteiger partial charge in [-0.15, -0.1) is 0 Å². The van der Waals surface area contributed by atoms with Gasteiger partial charge in [0.15, 0.2) is 0 Å². The van der Waals surface area contributed by atoms with Gasteiger partial charge in [0.2, 0.25) is 6.29 Å². The van der Waals surface area contributed by atoms with Crippen molar-refractivity contribution in [3.8, 4) is 0 Å². The van der Waals surface area contributed by atoms with Crippen molar-refractivity contribution in [2.45, 2.75) is 19.1 Å². The predicted molar refractivity (Wildman–Crippen MR) is 50.2 cm³/mol. The number of carbonyl (C=O) groups excluding carboxylic acids is 3. The molecule has 0 atom stereocenters. The van der Waals surface area contributed by atoms with Gasteiger partial charge in [0.05, 0.1) is 13.2 Å². The Morgan fingerprint density at radius 2 is 1.56 bits per heavy atom. The van der Waals surface area contributed by atoms with Crippen LogP contribution >= 0.6 is 0 Å². The average Bonchev–Trinajstić information content (AvgIpc) is 2.28. The third-order valence-corrected chi connectivity index (χ3v) is 1.53. The maximum Gasteiger partial charge on any atom is 0.296 e. The SMILES string of the molecule is O=COCCCOCCC(OC=O)OC=O. The van der Waals surface area contributed by atoms with Crippen LogP contribution in [0.5, 0.6) is 0 Å². The first-order valence-electron chi connectivity index (χ1n) is 4.66. The third-order valence-electron chi connectivity index (χ3n) is 1.53. The van der Waals surface area contributed by atoms with Crippen LogP contribution in [0.4, 0.5) is 0 Å². The van der Waals surface area contributed by atoms with Crippen LogP contribution in [0.15, 0.2) is 0 Å². The van der Waals surface area contributed by atoms with E-state index in [1.54, 1.807) is 0 Å². The van der Waals surface area contributed by atoms with E-state index < -0.39 is 6.29 Å². The summed E-state index contributed by atoms with van der Waals surface area (Å²) in [6.07, 6.45) is -0.0837. The molecular weight excluding hydrogens is 220 g/mol. The molecule has 0 spiro atoms. The average molecular weight is 234 g/mol. The van der Waals surface area contributed by atoms with Crippen molar-refractivity contribution in [2.75, 3.05) is 19.8 Å². The fraction of sp³-hybridized carbons (Fsp3) is 0.667. The maximum absolute atomic E-state index is 9.99. The van der Waals surface area contributed by atoms with Crippen molar-refractivity contribution in [3.63, 3.8) is 0 Å². The molecule has 0 aliphatic rings. The quantitative estimate of drug-likeness (QED) is 0.258. The first kappa shape index (κ1) is 14.4. The smallest absolute Gasteiger partial charge is 0.296 e. The zero-order valence-electron chi connectivity index (χ0n) is 8.70. The summed E-state index contributed by atoms with van der Waals surface area (Å²) in [5, 5.41) is 0. The molecule has 0 aliphatic heterocycles. The second-order valence-electron chi connectivity index (χ2n) is 2.62. The summed E-state index contributed by atoms with van der Waals surface area (Å²) >= 11 is 0. The van der Waals surface area contributed by atoms with E-state index in [1.807, 2.05) is 0 Å². The van der Waals surface area contributed by atoms with Crippen molar-refractivity contribution in [2.24, 2.45) is 0 Å². The van der Waals surface area contributed by atoms with Gasteiger partial charge in [0.25, 0.3) is 19.4 Å². The molecular formula is C9H14O7. The molecule has 0 heterocycles. The van der Waals surface area contributed by atoms with Crippen LogP contribution in [-0.2, 0) is 33.3 Å². The molecule has 0 saturated heterocycles. The van der Waals surface area contributed by atoms with Gasteiger partial charge in [-0.25, -0.2) is 0 Å². The number of hydrogen-bond donors (Lipinski definition) is 0. The first-order chi connectivity index (χ1) is 7.85. The molecule has 16 heavy (non-hydrogen) atoms. The lowest BCUT2D eigenvalue weighted by atomic mass is 10.4. The van der Waals surface area contributed by atoms with Crippen LogP contribution in [0.2, 0.25) is 0 Å². The highest BCUT2D eigenvalue weighted by Crippen LogP contribution is 1.98. The normalized spacial score (nSPS) is 9.56. The van der Waals surface area contributed by atoms with Crippen molar-refractivity contribution in [1.82, 2.24) is 0 Å². The summed E-state index contributed by atoms with van der Waals surface area (Å²) in [6.45, 7) is 1.74. The molecule has 0 radical (unpaired) electrons. The second kappa shape index (κ2) is 11.4. The Morgan fingerprint density at radius 1 is 0.875 bits per heavy atom. The molecule has 0 unspecified atom stereocenters. The van der Waals surface area contributed by atoms with Gasteiger partial charge in [0.1, 0.15) is 0 Å². The van der Waals surface area contributed by atoms with E-state index in [0.29, 0.717) is 26.1 Å². The van der Waals surface area contributed by atoms with Crippen molar-refractivity contribution in [1.29, 1.82) is 0 Å². The minimum absolute atomic E-state index is 0.200. The predicted octanol–water partition coefficient (Wildman–Crippen LogP) is -0.372. The minimum atomic E-state index is -0.916. The van der Waals surface area contributed by atoms with E-state index in [9.17, 15) is 14.4 Å². The Bertz CT molecular complexity index is 184. The Kier molecular flexibility index (Phi) is 10.3. The van der Waals surface area contributed by atoms with Crippen LogP contribution in [0.3, 0.4) is 0 Å². The summed E-state index contributed by atoms with van der Waals surface area (Å²) in [7, 11) is 0. The molecule has 0 rings (SSSR count). The summed E-state index contributed by atoms with van der Waals surface area (Å²) in [5.74, 6) is 0. The third kappa shape index (κ3) is 8.95. The largest absolute Gasteiger partial charge is 0.468 e. The molecule has 0 bridgehead atoms. The fourth-order valence-electron chi connectivity index (χ4n) is 0.866. The molecule has 7 nitrogen and oxygen atoms in total. The number of ether oxygens (including phenoxy) is 4. The molecule has 0 saturated carbocycles. The lowest BCUT2D eigenvalue weighted by Crippen LogP contribution is -2.18. The summed E-state index contributed by atoms with van der Waals surface area (Å²) in [5.41, 5.74) is 0. The Morgan fingerprint density at radius 3 is 2.12 bits per heavy atom. The van der Waals surface area contributed by atoms with E-state index in [-0.39, 0.29) is 26.0 Å². The Labute approximate surface area is 92.6 Å². The monoisotopic (exact) mass is 234 g/mol. The molecule has 0 aromatic carbocycles. The van der Waals surface area contributed by atoms with Gasteiger partial charge >= 0.3 is 0 Å². The van der Waals surface area contributed by atoms with Crippen molar-refractivity contribution in [3.05, 3.63) is 0 Å². The van der Waals surface area contributed by atoms with Crippen molar-refractivity contribution >= 4 is 19.4 Å². The first-order valence-corrected chi connectivity index (χ1v) is 4.66. The Balaban J connectivity index is 3.35. The van der Waals surface area contributed by atoms with Gasteiger partial charge in [0, 0.05) is 19.4 Å². The highest BCUT2D eigenvalue weighted by Gasteiger charge is 2.08. The van der Waals surface area contributed by atoms with Gasteiger partial charge in [-0.2, -0.15) is 0 Å². The fourth-order valence-corrected chi connectivity index (χ4v) is 0.866. The lowest BCUT2D eigenvalue weighted by molar-refractivity contribution is -0.172. The highest BCUT2D eigenvalue weighted by molar-refractivity contribution is 5.40. The summed E-state index contributed by atoms with van der Waals surface area (Å²) in [6, 6.07) is 0. The summed E-state index contributed by atoms with van der Waals surface area (Å²) < 4.78 is 18.4. The molecule has 0 aromatic rings. The Hall–Kier alpha value is -1.63. The lowest BCUT2D eigenvalue weighted by Gasteiger charge is -2.12. The van der Waals surface area contributed by atoms with Crippen LogP contribution < -0.4 is 0 Å². The summed E-state index contributed by atoms with van der Waals surface area (Å²) in [4.78, 5) is 29.7. The zero-order valence-corrected chi connectivity index (χ0v) is 8.70. The van der Waals surface area contributed by atoms with E-state index in [2.05, 4.69) is 14.2 Å². The van der Waals surface area contributed by atoms with E-state index in [1.165, 1.54) is 0 Å². The number of rotatable bonds is 12. The molecule has 0 N–H and O–H groups in total. The van der Waals surface area contributed by atoms with Gasteiger partial charge in [-0.05, 0) is 0 Å². The number of carbonyl (C=O) groups is 3. The van der Waals surface area contributed by atoms with Crippen LogP contribution in [0.25, 0.3) is 0 Å². The zero-order chi connectivity index (χ0) is 12.1. The molecule has 0 fully saturated rings.